The van der Waals surface area contributed by atoms with Crippen LogP contribution < -0.4 is 4.74 Å². The number of nitrogens with zero attached hydrogens (tertiary/aromatic N) is 1. The Morgan fingerprint density at radius 3 is 2.53 bits per heavy atom. The van der Waals surface area contributed by atoms with E-state index in [-0.39, 0.29) is 16.5 Å². The highest BCUT2D eigenvalue weighted by molar-refractivity contribution is 6.32. The molecular weight excluding hydrogens is 280 g/mol. The third-order valence-corrected chi connectivity index (χ3v) is 2.56. The number of hydrogen-bond acceptors (Lipinski definition) is 3. The van der Waals surface area contributed by atoms with Gasteiger partial charge in [0.05, 0.1) is 4.92 Å². The summed E-state index contributed by atoms with van der Waals surface area (Å²) in [6.45, 7) is 0. The van der Waals surface area contributed by atoms with E-state index in [4.69, 9.17) is 16.3 Å². The van der Waals surface area contributed by atoms with E-state index in [1.807, 2.05) is 0 Å². The molecule has 0 aliphatic rings. The van der Waals surface area contributed by atoms with Crippen LogP contribution in [0, 0.1) is 21.7 Å². The maximum Gasteiger partial charge on any atom is 0.329 e. The lowest BCUT2D eigenvalue weighted by Crippen LogP contribution is -1.95. The number of para-hydroxylation sites is 1. The smallest absolute Gasteiger partial charge is 0.329 e. The van der Waals surface area contributed by atoms with Gasteiger partial charge < -0.3 is 4.74 Å². The highest BCUT2D eigenvalue weighted by atomic mass is 35.5. The second-order valence-corrected chi connectivity index (χ2v) is 3.93. The monoisotopic (exact) mass is 285 g/mol. The van der Waals surface area contributed by atoms with Crippen LogP contribution in [0.2, 0.25) is 5.02 Å². The summed E-state index contributed by atoms with van der Waals surface area (Å²) in [5, 5.41) is 10.8. The van der Waals surface area contributed by atoms with Crippen molar-refractivity contribution in [1.29, 1.82) is 0 Å². The van der Waals surface area contributed by atoms with Gasteiger partial charge in [-0.25, -0.2) is 8.78 Å². The summed E-state index contributed by atoms with van der Waals surface area (Å²) in [6, 6.07) is 6.90. The molecule has 0 aliphatic heterocycles. The molecule has 2 rings (SSSR count). The van der Waals surface area contributed by atoms with E-state index in [1.54, 1.807) is 0 Å². The zero-order valence-corrected chi connectivity index (χ0v) is 10.0. The van der Waals surface area contributed by atoms with Crippen molar-refractivity contribution in [3.05, 3.63) is 63.2 Å². The van der Waals surface area contributed by atoms with Gasteiger partial charge in [-0.1, -0.05) is 17.7 Å². The molecule has 0 unspecified atom stereocenters. The lowest BCUT2D eigenvalue weighted by Gasteiger charge is -2.07. The number of nitro benzene ring substituents is 1. The summed E-state index contributed by atoms with van der Waals surface area (Å²) in [4.78, 5) is 10.2. The van der Waals surface area contributed by atoms with Crippen molar-refractivity contribution in [2.45, 2.75) is 0 Å². The Kier molecular flexibility index (Phi) is 3.62. The Morgan fingerprint density at radius 2 is 1.89 bits per heavy atom. The third-order valence-electron chi connectivity index (χ3n) is 2.25. The normalized spacial score (nSPS) is 10.3. The largest absolute Gasteiger partial charge is 0.450 e. The molecule has 0 atom stereocenters. The molecule has 0 spiro atoms. The van der Waals surface area contributed by atoms with Crippen LogP contribution in [0.25, 0.3) is 0 Å². The van der Waals surface area contributed by atoms with E-state index in [2.05, 4.69) is 0 Å². The number of ether oxygens (including phenoxy) is 1. The molecule has 0 aliphatic carbocycles. The van der Waals surface area contributed by atoms with Crippen LogP contribution in [0.1, 0.15) is 0 Å². The van der Waals surface area contributed by atoms with Crippen LogP contribution in [0.3, 0.4) is 0 Å². The lowest BCUT2D eigenvalue weighted by molar-refractivity contribution is -0.385. The van der Waals surface area contributed by atoms with Crippen molar-refractivity contribution in [3.8, 4) is 11.5 Å². The number of nitro groups is 1. The first-order chi connectivity index (χ1) is 8.99. The van der Waals surface area contributed by atoms with E-state index in [0.717, 1.165) is 18.2 Å². The predicted molar refractivity (Wildman–Crippen MR) is 64.5 cm³/mol. The Labute approximate surface area is 111 Å². The van der Waals surface area contributed by atoms with E-state index < -0.39 is 22.2 Å². The summed E-state index contributed by atoms with van der Waals surface area (Å²) in [5.41, 5.74) is -0.436. The molecule has 0 amide bonds. The molecule has 2 aromatic rings. The predicted octanol–water partition coefficient (Wildman–Crippen LogP) is 4.32. The lowest BCUT2D eigenvalue weighted by atomic mass is 10.3. The van der Waals surface area contributed by atoms with Gasteiger partial charge in [-0.3, -0.25) is 10.1 Å². The van der Waals surface area contributed by atoms with Crippen LogP contribution in [-0.4, -0.2) is 4.92 Å². The molecule has 0 saturated carbocycles. The molecule has 0 N–H and O–H groups in total. The van der Waals surface area contributed by atoms with E-state index in [0.29, 0.717) is 0 Å². The highest BCUT2D eigenvalue weighted by Crippen LogP contribution is 2.37. The Morgan fingerprint density at radius 1 is 1.16 bits per heavy atom. The minimum atomic E-state index is -1.11. The molecule has 0 heterocycles. The van der Waals surface area contributed by atoms with Crippen LogP contribution in [0.5, 0.6) is 11.5 Å². The van der Waals surface area contributed by atoms with Gasteiger partial charge >= 0.3 is 5.69 Å². The fourth-order valence-corrected chi connectivity index (χ4v) is 1.66. The molecule has 0 aromatic heterocycles. The fraction of sp³-hybridized carbons (Fsp3) is 0. The maximum atomic E-state index is 13.0. The number of hydrogen-bond donors (Lipinski definition) is 0. The van der Waals surface area contributed by atoms with E-state index in [9.17, 15) is 18.9 Å². The summed E-state index contributed by atoms with van der Waals surface area (Å²) >= 11 is 5.69. The van der Waals surface area contributed by atoms with Gasteiger partial charge in [-0.15, -0.1) is 0 Å². The SMILES string of the molecule is O=[N+]([O-])c1c(Cl)cccc1Oc1ccc(F)c(F)c1. The van der Waals surface area contributed by atoms with Crippen molar-refractivity contribution in [1.82, 2.24) is 0 Å². The molecule has 0 fully saturated rings. The molecule has 19 heavy (non-hydrogen) atoms. The molecule has 7 heteroatoms. The first-order valence-corrected chi connectivity index (χ1v) is 5.42. The van der Waals surface area contributed by atoms with E-state index >= 15 is 0 Å². The van der Waals surface area contributed by atoms with Crippen molar-refractivity contribution in [3.63, 3.8) is 0 Å². The van der Waals surface area contributed by atoms with Crippen LogP contribution in [0.15, 0.2) is 36.4 Å². The molecular formula is C12H6ClF2NO3. The Bertz CT molecular complexity index is 649. The van der Waals surface area contributed by atoms with Crippen molar-refractivity contribution < 1.29 is 18.4 Å². The second kappa shape index (κ2) is 5.19. The summed E-state index contributed by atoms with van der Waals surface area (Å²) in [7, 11) is 0. The first-order valence-electron chi connectivity index (χ1n) is 5.05. The van der Waals surface area contributed by atoms with E-state index in [1.165, 1.54) is 18.2 Å². The third kappa shape index (κ3) is 2.79. The minimum Gasteiger partial charge on any atom is -0.450 e. The Balaban J connectivity index is 2.40. The number of rotatable bonds is 3. The van der Waals surface area contributed by atoms with Crippen LogP contribution in [-0.2, 0) is 0 Å². The standard InChI is InChI=1S/C12H6ClF2NO3/c13-8-2-1-3-11(12(8)16(17)18)19-7-4-5-9(14)10(15)6-7/h1-6H. The average Bonchev–Trinajstić information content (AvgIpc) is 2.33. The van der Waals surface area contributed by atoms with Gasteiger partial charge in [0.2, 0.25) is 5.75 Å². The average molecular weight is 286 g/mol. The van der Waals surface area contributed by atoms with Gasteiger partial charge in [0.1, 0.15) is 10.8 Å². The molecule has 0 saturated heterocycles. The Hall–Kier alpha value is -2.21. The summed E-state index contributed by atoms with van der Waals surface area (Å²) in [5.74, 6) is -2.36. The summed E-state index contributed by atoms with van der Waals surface area (Å²) < 4.78 is 30.9. The molecule has 2 aromatic carbocycles. The van der Waals surface area contributed by atoms with Crippen molar-refractivity contribution in [2.75, 3.05) is 0 Å². The molecule has 4 nitrogen and oxygen atoms in total. The zero-order chi connectivity index (χ0) is 14.0. The van der Waals surface area contributed by atoms with Gasteiger partial charge in [0.15, 0.2) is 11.6 Å². The maximum absolute atomic E-state index is 13.0. The van der Waals surface area contributed by atoms with Gasteiger partial charge in [0.25, 0.3) is 0 Å². The van der Waals surface area contributed by atoms with Gasteiger partial charge in [-0.05, 0) is 24.3 Å². The number of halogens is 3. The van der Waals surface area contributed by atoms with Gasteiger partial charge in [-0.2, -0.15) is 0 Å². The fourth-order valence-electron chi connectivity index (χ4n) is 1.42. The quantitative estimate of drug-likeness (QED) is 0.623. The van der Waals surface area contributed by atoms with Crippen molar-refractivity contribution in [2.24, 2.45) is 0 Å². The van der Waals surface area contributed by atoms with Crippen LogP contribution in [0.4, 0.5) is 14.5 Å². The molecule has 98 valence electrons. The topological polar surface area (TPSA) is 52.4 Å². The van der Waals surface area contributed by atoms with Crippen LogP contribution >= 0.6 is 11.6 Å². The zero-order valence-electron chi connectivity index (χ0n) is 9.27. The first kappa shape index (κ1) is 13.2. The minimum absolute atomic E-state index is 0.0655. The number of benzene rings is 2. The van der Waals surface area contributed by atoms with Crippen molar-refractivity contribution >= 4 is 17.3 Å². The molecule has 0 bridgehead atoms. The highest BCUT2D eigenvalue weighted by Gasteiger charge is 2.20. The molecule has 0 radical (unpaired) electrons. The summed E-state index contributed by atoms with van der Waals surface area (Å²) in [6.07, 6.45) is 0. The second-order valence-electron chi connectivity index (χ2n) is 3.52. The van der Waals surface area contributed by atoms with Gasteiger partial charge in [0, 0.05) is 6.07 Å².